The van der Waals surface area contributed by atoms with Gasteiger partial charge in [0.1, 0.15) is 10.6 Å². The number of benzene rings is 3. The summed E-state index contributed by atoms with van der Waals surface area (Å²) in [6.07, 6.45) is 0.995. The second-order valence-corrected chi connectivity index (χ2v) is 17.3. The first-order valence-corrected chi connectivity index (χ1v) is 18.6. The standard InChI is InChI=1S/C28H31BrF2NO10PS2/c1-27(2,3)26(33)41-18-42-43(34,35)28(30,31)22-15-10-19(16-23(22)29)17-32(20-11-13-21(14-12-20)44(5,36)37)45(38,39)25-9-7-6-8-24(25)40-4/h6-16H,17-18H2,1-5H3,(H,34,35). The number of hydrogen-bond donors (Lipinski definition) is 1. The number of sulfone groups is 1. The van der Waals surface area contributed by atoms with E-state index in [9.17, 15) is 31.1 Å². The molecule has 45 heavy (non-hydrogen) atoms. The highest BCUT2D eigenvalue weighted by Gasteiger charge is 2.54. The van der Waals surface area contributed by atoms with Gasteiger partial charge in [0, 0.05) is 16.3 Å². The maximum atomic E-state index is 15.3. The van der Waals surface area contributed by atoms with E-state index in [4.69, 9.17) is 4.74 Å². The fraction of sp³-hybridized carbons (Fsp3) is 0.321. The van der Waals surface area contributed by atoms with E-state index >= 15 is 8.78 Å². The SMILES string of the molecule is COc1ccccc1S(=O)(=O)N(Cc1ccc(C(F)(F)P(=O)(O)OCOC(=O)C(C)(C)C)c(Br)c1)c1ccc(S(C)(=O)=O)cc1. The Hall–Kier alpha value is -2.88. The fourth-order valence-electron chi connectivity index (χ4n) is 3.79. The number of anilines is 1. The lowest BCUT2D eigenvalue weighted by Crippen LogP contribution is -2.31. The molecule has 3 aromatic rings. The molecule has 0 aliphatic heterocycles. The van der Waals surface area contributed by atoms with Crippen LogP contribution in [-0.4, -0.2) is 47.9 Å². The van der Waals surface area contributed by atoms with Gasteiger partial charge < -0.3 is 14.4 Å². The highest BCUT2D eigenvalue weighted by molar-refractivity contribution is 9.10. The van der Waals surface area contributed by atoms with Crippen molar-refractivity contribution >= 4 is 55.0 Å². The topological polar surface area (TPSA) is 154 Å². The number of para-hydroxylation sites is 1. The zero-order valence-corrected chi connectivity index (χ0v) is 28.8. The molecule has 0 fully saturated rings. The van der Waals surface area contributed by atoms with Crippen molar-refractivity contribution < 1.29 is 53.9 Å². The van der Waals surface area contributed by atoms with E-state index in [-0.39, 0.29) is 31.3 Å². The molecule has 0 aliphatic rings. The molecule has 11 nitrogen and oxygen atoms in total. The van der Waals surface area contributed by atoms with Crippen LogP contribution in [0.3, 0.4) is 0 Å². The first kappa shape index (κ1) is 36.6. The number of esters is 1. The van der Waals surface area contributed by atoms with Crippen molar-refractivity contribution in [2.45, 2.75) is 42.8 Å². The second kappa shape index (κ2) is 13.5. The summed E-state index contributed by atoms with van der Waals surface area (Å²) in [5, 5.41) is 0. The van der Waals surface area contributed by atoms with Crippen LogP contribution in [0, 0.1) is 5.41 Å². The van der Waals surface area contributed by atoms with E-state index < -0.39 is 63.4 Å². The van der Waals surface area contributed by atoms with Crippen LogP contribution in [0.5, 0.6) is 5.75 Å². The van der Waals surface area contributed by atoms with Gasteiger partial charge in [0.2, 0.25) is 6.79 Å². The summed E-state index contributed by atoms with van der Waals surface area (Å²) >= 11 is 2.98. The van der Waals surface area contributed by atoms with Crippen molar-refractivity contribution in [3.05, 3.63) is 82.3 Å². The Morgan fingerprint density at radius 2 is 1.60 bits per heavy atom. The Morgan fingerprint density at radius 1 is 1.00 bits per heavy atom. The van der Waals surface area contributed by atoms with Crippen LogP contribution >= 0.6 is 23.5 Å². The van der Waals surface area contributed by atoms with Crippen LogP contribution in [0.1, 0.15) is 31.9 Å². The number of sulfonamides is 1. The monoisotopic (exact) mass is 753 g/mol. The lowest BCUT2D eigenvalue weighted by atomic mass is 9.98. The first-order valence-electron chi connectivity index (χ1n) is 12.9. The Balaban J connectivity index is 2.00. The van der Waals surface area contributed by atoms with E-state index in [0.717, 1.165) is 28.8 Å². The Labute approximate surface area is 268 Å². The molecule has 246 valence electrons. The maximum absolute atomic E-state index is 15.3. The zero-order chi connectivity index (χ0) is 34.0. The third kappa shape index (κ3) is 8.29. The quantitative estimate of drug-likeness (QED) is 0.131. The molecule has 0 spiro atoms. The van der Waals surface area contributed by atoms with Crippen molar-refractivity contribution in [3.8, 4) is 5.75 Å². The molecule has 0 bridgehead atoms. The number of ether oxygens (including phenoxy) is 2. The summed E-state index contributed by atoms with van der Waals surface area (Å²) in [7, 11) is -12.5. The van der Waals surface area contributed by atoms with Crippen LogP contribution < -0.4 is 9.04 Å². The third-order valence-electron chi connectivity index (χ3n) is 6.26. The Morgan fingerprint density at radius 3 is 2.13 bits per heavy atom. The van der Waals surface area contributed by atoms with Crippen molar-refractivity contribution in [2.75, 3.05) is 24.5 Å². The largest absolute Gasteiger partial charge is 0.495 e. The molecule has 1 unspecified atom stereocenters. The molecule has 3 aromatic carbocycles. The van der Waals surface area contributed by atoms with Gasteiger partial charge in [0.05, 0.1) is 29.7 Å². The van der Waals surface area contributed by atoms with Crippen LogP contribution in [-0.2, 0) is 50.7 Å². The summed E-state index contributed by atoms with van der Waals surface area (Å²) in [5.74, 6) is -0.812. The number of alkyl halides is 2. The van der Waals surface area contributed by atoms with Gasteiger partial charge in [-0.15, -0.1) is 0 Å². The van der Waals surface area contributed by atoms with E-state index in [1.807, 2.05) is 0 Å². The number of methoxy groups -OCH3 is 1. The maximum Gasteiger partial charge on any atom is 0.404 e. The van der Waals surface area contributed by atoms with E-state index in [0.29, 0.717) is 0 Å². The number of carbonyl (C=O) groups is 1. The minimum Gasteiger partial charge on any atom is -0.495 e. The van der Waals surface area contributed by atoms with Crippen molar-refractivity contribution in [1.29, 1.82) is 0 Å². The van der Waals surface area contributed by atoms with Gasteiger partial charge in [-0.2, -0.15) is 8.78 Å². The minimum absolute atomic E-state index is 0.0262. The molecule has 17 heteroatoms. The third-order valence-corrected chi connectivity index (χ3v) is 11.3. The molecule has 0 saturated heterocycles. The summed E-state index contributed by atoms with van der Waals surface area (Å²) < 4.78 is 110. The van der Waals surface area contributed by atoms with Crippen molar-refractivity contribution in [2.24, 2.45) is 5.41 Å². The molecule has 0 aromatic heterocycles. The molecule has 1 N–H and O–H groups in total. The van der Waals surface area contributed by atoms with E-state index in [1.54, 1.807) is 6.07 Å². The predicted octanol–water partition coefficient (Wildman–Crippen LogP) is 6.05. The summed E-state index contributed by atoms with van der Waals surface area (Å²) in [4.78, 5) is 21.7. The average Bonchev–Trinajstić information content (AvgIpc) is 2.94. The molecular formula is C28H31BrF2NO10PS2. The minimum atomic E-state index is -5.75. The second-order valence-electron chi connectivity index (χ2n) is 10.7. The van der Waals surface area contributed by atoms with Crippen molar-refractivity contribution in [1.82, 2.24) is 0 Å². The van der Waals surface area contributed by atoms with Gasteiger partial charge in [-0.1, -0.05) is 40.2 Å². The molecule has 0 heterocycles. The number of carbonyl (C=O) groups excluding carboxylic acids is 1. The highest BCUT2D eigenvalue weighted by Crippen LogP contribution is 2.64. The predicted molar refractivity (Wildman–Crippen MR) is 165 cm³/mol. The lowest BCUT2D eigenvalue weighted by Gasteiger charge is -2.27. The molecule has 1 atom stereocenters. The molecule has 0 aliphatic carbocycles. The summed E-state index contributed by atoms with van der Waals surface area (Å²) in [6.45, 7) is 2.86. The molecule has 0 radical (unpaired) electrons. The van der Waals surface area contributed by atoms with Gasteiger partial charge in [0.25, 0.3) is 10.0 Å². The fourth-order valence-corrected chi connectivity index (χ4v) is 7.72. The molecular weight excluding hydrogens is 723 g/mol. The summed E-state index contributed by atoms with van der Waals surface area (Å²) in [5.41, 5.74) is -6.21. The molecule has 0 saturated carbocycles. The number of halogens is 3. The van der Waals surface area contributed by atoms with Gasteiger partial charge in [-0.25, -0.2) is 16.8 Å². The molecule has 0 amide bonds. The van der Waals surface area contributed by atoms with Crippen LogP contribution in [0.15, 0.2) is 81.0 Å². The van der Waals surface area contributed by atoms with E-state index in [1.165, 1.54) is 70.3 Å². The average molecular weight is 755 g/mol. The van der Waals surface area contributed by atoms with Gasteiger partial charge >= 0.3 is 19.2 Å². The van der Waals surface area contributed by atoms with Crippen LogP contribution in [0.4, 0.5) is 14.5 Å². The van der Waals surface area contributed by atoms with Gasteiger partial charge in [-0.05, 0) is 68.8 Å². The smallest absolute Gasteiger partial charge is 0.404 e. The van der Waals surface area contributed by atoms with Crippen LogP contribution in [0.2, 0.25) is 0 Å². The molecule has 3 rings (SSSR count). The van der Waals surface area contributed by atoms with Crippen molar-refractivity contribution in [3.63, 3.8) is 0 Å². The number of nitrogens with zero attached hydrogens (tertiary/aromatic N) is 1. The lowest BCUT2D eigenvalue weighted by molar-refractivity contribution is -0.160. The van der Waals surface area contributed by atoms with Gasteiger partial charge in [0.15, 0.2) is 9.84 Å². The van der Waals surface area contributed by atoms with Gasteiger partial charge in [-0.3, -0.25) is 18.2 Å². The highest BCUT2D eigenvalue weighted by atomic mass is 79.9. The Bertz CT molecular complexity index is 1830. The summed E-state index contributed by atoms with van der Waals surface area (Å²) in [6, 6.07) is 13.9. The first-order chi connectivity index (χ1) is 20.6. The number of rotatable bonds is 12. The zero-order valence-electron chi connectivity index (χ0n) is 24.7. The Kier molecular flexibility index (Phi) is 10.9. The van der Waals surface area contributed by atoms with Crippen LogP contribution in [0.25, 0.3) is 0 Å². The normalized spacial score (nSPS) is 14.0. The number of hydrogen-bond acceptors (Lipinski definition) is 9. The van der Waals surface area contributed by atoms with E-state index in [2.05, 4.69) is 25.2 Å².